The van der Waals surface area contributed by atoms with E-state index in [4.69, 9.17) is 5.73 Å². The number of rotatable bonds is 3. The summed E-state index contributed by atoms with van der Waals surface area (Å²) < 4.78 is 0. The summed E-state index contributed by atoms with van der Waals surface area (Å²) in [7, 11) is 0. The molecule has 2 aromatic rings. The first kappa shape index (κ1) is 12.6. The molecule has 0 saturated heterocycles. The number of pyridine rings is 1. The van der Waals surface area contributed by atoms with E-state index in [1.54, 1.807) is 0 Å². The molecule has 0 saturated carbocycles. The van der Waals surface area contributed by atoms with Gasteiger partial charge in [0.1, 0.15) is 5.82 Å². The number of aryl methyl sites for hydroxylation is 3. The lowest BCUT2D eigenvalue weighted by atomic mass is 9.94. The van der Waals surface area contributed by atoms with Crippen LogP contribution in [0.5, 0.6) is 0 Å². The van der Waals surface area contributed by atoms with Crippen LogP contribution in [0.2, 0.25) is 0 Å². The molecule has 0 aliphatic rings. The molecular weight excluding hydrogens is 220 g/mol. The summed E-state index contributed by atoms with van der Waals surface area (Å²) in [5, 5.41) is 0. The second-order valence-electron chi connectivity index (χ2n) is 4.62. The maximum Gasteiger partial charge on any atom is 0.123 e. The summed E-state index contributed by atoms with van der Waals surface area (Å²) >= 11 is 0. The fourth-order valence-corrected chi connectivity index (χ4v) is 2.26. The molecule has 0 amide bonds. The number of hydrogen-bond acceptors (Lipinski definition) is 2. The van der Waals surface area contributed by atoms with Gasteiger partial charge in [-0.2, -0.15) is 0 Å². The van der Waals surface area contributed by atoms with Gasteiger partial charge in [0.15, 0.2) is 0 Å². The number of nitrogens with zero attached hydrogens (tertiary/aromatic N) is 1. The fourth-order valence-electron chi connectivity index (χ4n) is 2.26. The van der Waals surface area contributed by atoms with Crippen molar-refractivity contribution in [1.29, 1.82) is 0 Å². The Morgan fingerprint density at radius 2 is 1.83 bits per heavy atom. The van der Waals surface area contributed by atoms with E-state index in [1.807, 2.05) is 12.3 Å². The standard InChI is InChI=1S/C16H20N2/c1-4-12-6-7-13(5-2)14(9-12)15-10-18-16(17)8-11(15)3/h6-10H,4-5H2,1-3H3,(H2,17,18). The molecule has 18 heavy (non-hydrogen) atoms. The lowest BCUT2D eigenvalue weighted by molar-refractivity contribution is 1.10. The molecule has 1 aromatic carbocycles. The van der Waals surface area contributed by atoms with Crippen LogP contribution >= 0.6 is 0 Å². The third kappa shape index (κ3) is 2.37. The normalized spacial score (nSPS) is 10.6. The van der Waals surface area contributed by atoms with Crippen LogP contribution in [0.25, 0.3) is 11.1 Å². The van der Waals surface area contributed by atoms with Gasteiger partial charge in [-0.1, -0.05) is 32.0 Å². The lowest BCUT2D eigenvalue weighted by Crippen LogP contribution is -1.96. The molecule has 0 bridgehead atoms. The third-order valence-corrected chi connectivity index (χ3v) is 3.39. The predicted octanol–water partition coefficient (Wildman–Crippen LogP) is 3.76. The highest BCUT2D eigenvalue weighted by Crippen LogP contribution is 2.28. The van der Waals surface area contributed by atoms with Crippen LogP contribution in [-0.4, -0.2) is 4.98 Å². The predicted molar refractivity (Wildman–Crippen MR) is 77.6 cm³/mol. The molecule has 94 valence electrons. The minimum absolute atomic E-state index is 0.584. The number of hydrogen-bond donors (Lipinski definition) is 1. The van der Waals surface area contributed by atoms with E-state index in [9.17, 15) is 0 Å². The Kier molecular flexibility index (Phi) is 3.66. The highest BCUT2D eigenvalue weighted by molar-refractivity contribution is 5.71. The van der Waals surface area contributed by atoms with Gasteiger partial charge in [0.2, 0.25) is 0 Å². The summed E-state index contributed by atoms with van der Waals surface area (Å²) in [6.45, 7) is 6.45. The SMILES string of the molecule is CCc1ccc(CC)c(-c2cnc(N)cc2C)c1. The third-order valence-electron chi connectivity index (χ3n) is 3.39. The number of aromatic nitrogens is 1. The maximum absolute atomic E-state index is 5.72. The molecule has 2 N–H and O–H groups in total. The van der Waals surface area contributed by atoms with Gasteiger partial charge in [-0.25, -0.2) is 4.98 Å². The molecule has 1 aromatic heterocycles. The van der Waals surface area contributed by atoms with E-state index < -0.39 is 0 Å². The molecule has 0 aliphatic heterocycles. The van der Waals surface area contributed by atoms with Crippen LogP contribution in [0, 0.1) is 6.92 Å². The first-order valence-corrected chi connectivity index (χ1v) is 6.50. The second kappa shape index (κ2) is 5.21. The zero-order valence-electron chi connectivity index (χ0n) is 11.3. The number of benzene rings is 1. The fraction of sp³-hybridized carbons (Fsp3) is 0.312. The lowest BCUT2D eigenvalue weighted by Gasteiger charge is -2.12. The number of nitrogen functional groups attached to an aromatic ring is 1. The van der Waals surface area contributed by atoms with Crippen LogP contribution in [0.15, 0.2) is 30.5 Å². The molecule has 0 unspecified atom stereocenters. The summed E-state index contributed by atoms with van der Waals surface area (Å²) in [6.07, 6.45) is 3.97. The average molecular weight is 240 g/mol. The first-order valence-electron chi connectivity index (χ1n) is 6.50. The van der Waals surface area contributed by atoms with E-state index >= 15 is 0 Å². The van der Waals surface area contributed by atoms with Gasteiger partial charge in [0, 0.05) is 11.8 Å². The van der Waals surface area contributed by atoms with Crippen LogP contribution in [-0.2, 0) is 12.8 Å². The van der Waals surface area contributed by atoms with Gasteiger partial charge < -0.3 is 5.73 Å². The smallest absolute Gasteiger partial charge is 0.123 e. The van der Waals surface area contributed by atoms with E-state index in [0.717, 1.165) is 12.8 Å². The Morgan fingerprint density at radius 1 is 1.06 bits per heavy atom. The highest BCUT2D eigenvalue weighted by atomic mass is 14.8. The van der Waals surface area contributed by atoms with Crippen molar-refractivity contribution in [3.8, 4) is 11.1 Å². The molecule has 0 atom stereocenters. The monoisotopic (exact) mass is 240 g/mol. The summed E-state index contributed by atoms with van der Waals surface area (Å²) in [4.78, 5) is 4.23. The number of nitrogens with two attached hydrogens (primary N) is 1. The second-order valence-corrected chi connectivity index (χ2v) is 4.62. The molecule has 0 radical (unpaired) electrons. The zero-order valence-corrected chi connectivity index (χ0v) is 11.3. The van der Waals surface area contributed by atoms with Crippen LogP contribution in [0.1, 0.15) is 30.5 Å². The Hall–Kier alpha value is -1.83. The highest BCUT2D eigenvalue weighted by Gasteiger charge is 2.08. The van der Waals surface area contributed by atoms with Gasteiger partial charge in [0.05, 0.1) is 0 Å². The van der Waals surface area contributed by atoms with Crippen molar-refractivity contribution in [2.75, 3.05) is 5.73 Å². The molecule has 2 heteroatoms. The summed E-state index contributed by atoms with van der Waals surface area (Å²) in [5.41, 5.74) is 12.1. The van der Waals surface area contributed by atoms with Gasteiger partial charge >= 0.3 is 0 Å². The van der Waals surface area contributed by atoms with Crippen molar-refractivity contribution in [2.45, 2.75) is 33.6 Å². The Balaban J connectivity index is 2.60. The van der Waals surface area contributed by atoms with Gasteiger partial charge in [-0.05, 0) is 48.1 Å². The minimum atomic E-state index is 0.584. The molecule has 0 fully saturated rings. The Bertz CT molecular complexity index is 559. The summed E-state index contributed by atoms with van der Waals surface area (Å²) in [6, 6.07) is 8.65. The van der Waals surface area contributed by atoms with E-state index in [0.29, 0.717) is 5.82 Å². The minimum Gasteiger partial charge on any atom is -0.384 e. The Labute approximate surface area is 109 Å². The quantitative estimate of drug-likeness (QED) is 0.887. The average Bonchev–Trinajstić information content (AvgIpc) is 2.38. The van der Waals surface area contributed by atoms with Crippen LogP contribution in [0.3, 0.4) is 0 Å². The molecule has 1 heterocycles. The van der Waals surface area contributed by atoms with E-state index in [1.165, 1.54) is 27.8 Å². The molecule has 2 rings (SSSR count). The van der Waals surface area contributed by atoms with Crippen molar-refractivity contribution < 1.29 is 0 Å². The van der Waals surface area contributed by atoms with Gasteiger partial charge in [-0.3, -0.25) is 0 Å². The van der Waals surface area contributed by atoms with Gasteiger partial charge in [-0.15, -0.1) is 0 Å². The molecular formula is C16H20N2. The van der Waals surface area contributed by atoms with Crippen molar-refractivity contribution in [1.82, 2.24) is 4.98 Å². The largest absolute Gasteiger partial charge is 0.384 e. The van der Waals surface area contributed by atoms with Gasteiger partial charge in [0.25, 0.3) is 0 Å². The van der Waals surface area contributed by atoms with Crippen molar-refractivity contribution >= 4 is 5.82 Å². The first-order chi connectivity index (χ1) is 8.65. The molecule has 0 aliphatic carbocycles. The van der Waals surface area contributed by atoms with Crippen molar-refractivity contribution in [2.24, 2.45) is 0 Å². The van der Waals surface area contributed by atoms with E-state index in [2.05, 4.69) is 44.0 Å². The Morgan fingerprint density at radius 3 is 2.44 bits per heavy atom. The maximum atomic E-state index is 5.72. The summed E-state index contributed by atoms with van der Waals surface area (Å²) in [5.74, 6) is 0.584. The molecule has 0 spiro atoms. The topological polar surface area (TPSA) is 38.9 Å². The number of anilines is 1. The van der Waals surface area contributed by atoms with Crippen molar-refractivity contribution in [3.05, 3.63) is 47.2 Å². The van der Waals surface area contributed by atoms with Crippen LogP contribution < -0.4 is 5.73 Å². The van der Waals surface area contributed by atoms with Crippen molar-refractivity contribution in [3.63, 3.8) is 0 Å². The van der Waals surface area contributed by atoms with Crippen LogP contribution in [0.4, 0.5) is 5.82 Å². The molecule has 2 nitrogen and oxygen atoms in total. The van der Waals surface area contributed by atoms with E-state index in [-0.39, 0.29) is 0 Å². The zero-order chi connectivity index (χ0) is 13.1.